The molecule has 2 saturated carbocycles. The number of rotatable bonds is 5. The van der Waals surface area contributed by atoms with Gasteiger partial charge in [-0.25, -0.2) is 0 Å². The van der Waals surface area contributed by atoms with Gasteiger partial charge in [-0.1, -0.05) is 6.42 Å². The van der Waals surface area contributed by atoms with Gasteiger partial charge < -0.3 is 14.7 Å². The van der Waals surface area contributed by atoms with Gasteiger partial charge in [-0.3, -0.25) is 4.79 Å². The first-order valence-electron chi connectivity index (χ1n) is 7.63. The summed E-state index contributed by atoms with van der Waals surface area (Å²) in [5, 5.41) is 10.6. The van der Waals surface area contributed by atoms with Gasteiger partial charge in [0.25, 0.3) is 0 Å². The third-order valence-corrected chi connectivity index (χ3v) is 4.78. The van der Waals surface area contributed by atoms with E-state index in [1.54, 1.807) is 0 Å². The summed E-state index contributed by atoms with van der Waals surface area (Å²) in [4.78, 5) is 14.0. The molecule has 0 radical (unpaired) electrons. The molecule has 2 fully saturated rings. The number of nitrogens with zero attached hydrogens (tertiary/aromatic N) is 1. The predicted molar refractivity (Wildman–Crippen MR) is 73.8 cm³/mol. The molecule has 1 N–H and O–H groups in total. The van der Waals surface area contributed by atoms with Crippen LogP contribution in [0.5, 0.6) is 0 Å². The molecule has 0 unspecified atom stereocenters. The lowest BCUT2D eigenvalue weighted by Crippen LogP contribution is -2.49. The number of carbonyl (C=O) groups excluding carboxylic acids is 1. The third-order valence-electron chi connectivity index (χ3n) is 4.78. The van der Waals surface area contributed by atoms with Crippen LogP contribution in [0, 0.1) is 5.92 Å². The van der Waals surface area contributed by atoms with Crippen molar-refractivity contribution in [2.75, 3.05) is 20.2 Å². The first kappa shape index (κ1) is 14.8. The molecule has 4 nitrogen and oxygen atoms in total. The van der Waals surface area contributed by atoms with Gasteiger partial charge in [-0.2, -0.15) is 0 Å². The lowest BCUT2D eigenvalue weighted by molar-refractivity contribution is -0.151. The molecule has 110 valence electrons. The Labute approximate surface area is 116 Å². The van der Waals surface area contributed by atoms with Crippen molar-refractivity contribution in [1.29, 1.82) is 0 Å². The van der Waals surface area contributed by atoms with Crippen LogP contribution in [-0.4, -0.2) is 47.8 Å². The molecule has 2 aliphatic rings. The fourth-order valence-electron chi connectivity index (χ4n) is 3.23. The van der Waals surface area contributed by atoms with Gasteiger partial charge in [0.1, 0.15) is 0 Å². The zero-order chi connectivity index (χ0) is 13.9. The molecule has 0 aliphatic heterocycles. The summed E-state index contributed by atoms with van der Waals surface area (Å²) >= 11 is 0. The maximum atomic E-state index is 11.7. The number of esters is 1. The topological polar surface area (TPSA) is 49.8 Å². The molecule has 0 heterocycles. The lowest BCUT2D eigenvalue weighted by atomic mass is 9.78. The van der Waals surface area contributed by atoms with Gasteiger partial charge in [0, 0.05) is 12.6 Å². The van der Waals surface area contributed by atoms with Crippen LogP contribution in [0.3, 0.4) is 0 Å². The molecule has 0 spiro atoms. The molecule has 0 atom stereocenters. The van der Waals surface area contributed by atoms with Crippen molar-refractivity contribution in [1.82, 2.24) is 4.90 Å². The Kier molecular flexibility index (Phi) is 4.85. The molecule has 0 bridgehead atoms. The molecule has 0 aromatic rings. The van der Waals surface area contributed by atoms with Crippen LogP contribution < -0.4 is 0 Å². The quantitative estimate of drug-likeness (QED) is 0.775. The average molecular weight is 269 g/mol. The second-order valence-electron chi connectivity index (χ2n) is 6.25. The molecule has 0 aromatic heterocycles. The Hall–Kier alpha value is -0.610. The summed E-state index contributed by atoms with van der Waals surface area (Å²) in [6.07, 6.45) is 6.79. The highest BCUT2D eigenvalue weighted by atomic mass is 16.5. The highest BCUT2D eigenvalue weighted by Crippen LogP contribution is 2.35. The van der Waals surface area contributed by atoms with Gasteiger partial charge in [0.2, 0.25) is 0 Å². The lowest BCUT2D eigenvalue weighted by Gasteiger charge is -2.42. The average Bonchev–Trinajstić information content (AvgIpc) is 2.27. The zero-order valence-corrected chi connectivity index (χ0v) is 12.2. The largest absolute Gasteiger partial charge is 0.466 e. The Morgan fingerprint density at radius 1 is 1.32 bits per heavy atom. The first-order valence-corrected chi connectivity index (χ1v) is 7.63. The first-order chi connectivity index (χ1) is 9.04. The van der Waals surface area contributed by atoms with E-state index in [0.717, 1.165) is 19.4 Å². The number of aliphatic hydroxyl groups is 1. The summed E-state index contributed by atoms with van der Waals surface area (Å²) in [5.74, 6) is -0.0915. The number of ether oxygens (including phenoxy) is 1. The molecule has 19 heavy (non-hydrogen) atoms. The van der Waals surface area contributed by atoms with Crippen molar-refractivity contribution in [3.8, 4) is 0 Å². The van der Waals surface area contributed by atoms with E-state index in [-0.39, 0.29) is 11.9 Å². The van der Waals surface area contributed by atoms with Crippen molar-refractivity contribution < 1.29 is 14.6 Å². The third kappa shape index (κ3) is 3.69. The fraction of sp³-hybridized carbons (Fsp3) is 0.933. The summed E-state index contributed by atoms with van der Waals surface area (Å²) < 4.78 is 5.06. The highest BCUT2D eigenvalue weighted by molar-refractivity contribution is 5.72. The van der Waals surface area contributed by atoms with Crippen molar-refractivity contribution in [3.63, 3.8) is 0 Å². The maximum absolute atomic E-state index is 11.7. The highest BCUT2D eigenvalue weighted by Gasteiger charge is 2.38. The van der Waals surface area contributed by atoms with E-state index in [0.29, 0.717) is 25.5 Å². The van der Waals surface area contributed by atoms with Crippen LogP contribution in [0.25, 0.3) is 0 Å². The molecule has 0 saturated heterocycles. The summed E-state index contributed by atoms with van der Waals surface area (Å²) in [7, 11) is 2.11. The normalized spacial score (nSPS) is 32.1. The van der Waals surface area contributed by atoms with Gasteiger partial charge in [-0.05, 0) is 52.5 Å². The van der Waals surface area contributed by atoms with Gasteiger partial charge in [0.05, 0.1) is 18.1 Å². The fourth-order valence-corrected chi connectivity index (χ4v) is 3.23. The van der Waals surface area contributed by atoms with E-state index in [1.807, 2.05) is 6.92 Å². The smallest absolute Gasteiger partial charge is 0.308 e. The van der Waals surface area contributed by atoms with Crippen LogP contribution in [0.1, 0.15) is 51.9 Å². The van der Waals surface area contributed by atoms with Crippen molar-refractivity contribution in [2.24, 2.45) is 5.92 Å². The summed E-state index contributed by atoms with van der Waals surface area (Å²) in [5.41, 5.74) is -0.604. The van der Waals surface area contributed by atoms with Crippen LogP contribution in [0.15, 0.2) is 0 Å². The van der Waals surface area contributed by atoms with Crippen LogP contribution in [0.2, 0.25) is 0 Å². The Morgan fingerprint density at radius 3 is 2.42 bits per heavy atom. The number of carbonyl (C=O) groups is 1. The van der Waals surface area contributed by atoms with Crippen LogP contribution in [0.4, 0.5) is 0 Å². The minimum absolute atomic E-state index is 0.00534. The van der Waals surface area contributed by atoms with Crippen molar-refractivity contribution in [3.05, 3.63) is 0 Å². The summed E-state index contributed by atoms with van der Waals surface area (Å²) in [6, 6.07) is 0.659. The van der Waals surface area contributed by atoms with E-state index in [9.17, 15) is 9.90 Å². The van der Waals surface area contributed by atoms with E-state index in [1.165, 1.54) is 19.3 Å². The minimum atomic E-state index is -0.604. The maximum Gasteiger partial charge on any atom is 0.308 e. The molecule has 0 aromatic carbocycles. The van der Waals surface area contributed by atoms with Crippen molar-refractivity contribution in [2.45, 2.75) is 63.5 Å². The molecule has 2 aliphatic carbocycles. The van der Waals surface area contributed by atoms with Crippen molar-refractivity contribution >= 4 is 5.97 Å². The van der Waals surface area contributed by atoms with E-state index >= 15 is 0 Å². The standard InChI is InChI=1S/C15H27NO3/c1-3-19-14(17)12-7-9-15(18,10-8-12)11-16(2)13-5-4-6-13/h12-13,18H,3-11H2,1-2H3. The molecule has 2 rings (SSSR count). The SMILES string of the molecule is CCOC(=O)C1CCC(O)(CN(C)C2CCC2)CC1. The van der Waals surface area contributed by atoms with E-state index in [2.05, 4.69) is 11.9 Å². The van der Waals surface area contributed by atoms with E-state index < -0.39 is 5.60 Å². The second kappa shape index (κ2) is 6.23. The molecular weight excluding hydrogens is 242 g/mol. The monoisotopic (exact) mass is 269 g/mol. The number of likely N-dealkylation sites (N-methyl/N-ethyl adjacent to an activating group) is 1. The minimum Gasteiger partial charge on any atom is -0.466 e. The van der Waals surface area contributed by atoms with Gasteiger partial charge >= 0.3 is 5.97 Å². The summed E-state index contributed by atoms with van der Waals surface area (Å²) in [6.45, 7) is 3.03. The van der Waals surface area contributed by atoms with E-state index in [4.69, 9.17) is 4.74 Å². The number of hydrogen-bond acceptors (Lipinski definition) is 4. The van der Waals surface area contributed by atoms with Crippen LogP contribution in [-0.2, 0) is 9.53 Å². The molecule has 4 heteroatoms. The Morgan fingerprint density at radius 2 is 1.95 bits per heavy atom. The zero-order valence-electron chi connectivity index (χ0n) is 12.2. The number of hydrogen-bond donors (Lipinski definition) is 1. The Bertz CT molecular complexity index is 307. The molecule has 0 amide bonds. The second-order valence-corrected chi connectivity index (χ2v) is 6.25. The van der Waals surface area contributed by atoms with Crippen LogP contribution >= 0.6 is 0 Å². The van der Waals surface area contributed by atoms with Gasteiger partial charge in [0.15, 0.2) is 0 Å². The Balaban J connectivity index is 1.78. The van der Waals surface area contributed by atoms with Gasteiger partial charge in [-0.15, -0.1) is 0 Å². The predicted octanol–water partition coefficient (Wildman–Crippen LogP) is 1.96. The molecular formula is C15H27NO3.